The van der Waals surface area contributed by atoms with Gasteiger partial charge in [-0.25, -0.2) is 9.78 Å². The molecule has 0 saturated heterocycles. The quantitative estimate of drug-likeness (QED) is 0.464. The molecule has 0 fully saturated rings. The highest BCUT2D eigenvalue weighted by Gasteiger charge is 2.14. The fourth-order valence-corrected chi connectivity index (χ4v) is 2.85. The second-order valence-electron chi connectivity index (χ2n) is 5.17. The van der Waals surface area contributed by atoms with Crippen LogP contribution in [0.25, 0.3) is 0 Å². The number of rotatable bonds is 6. The highest BCUT2D eigenvalue weighted by Crippen LogP contribution is 2.18. The Morgan fingerprint density at radius 1 is 1.32 bits per heavy atom. The summed E-state index contributed by atoms with van der Waals surface area (Å²) in [7, 11) is 1.28. The second kappa shape index (κ2) is 8.48. The van der Waals surface area contributed by atoms with Gasteiger partial charge >= 0.3 is 5.97 Å². The van der Waals surface area contributed by atoms with Crippen molar-refractivity contribution in [3.63, 3.8) is 0 Å². The molecule has 25 heavy (non-hydrogen) atoms. The molecule has 0 radical (unpaired) electrons. The molecule has 2 N–H and O–H groups in total. The van der Waals surface area contributed by atoms with Crippen LogP contribution >= 0.6 is 11.8 Å². The summed E-state index contributed by atoms with van der Waals surface area (Å²) in [6.07, 6.45) is 0.641. The molecule has 1 aromatic heterocycles. The number of nitrogens with one attached hydrogen (secondary N) is 2. The molecule has 0 aliphatic heterocycles. The van der Waals surface area contributed by atoms with E-state index in [1.807, 2.05) is 6.92 Å². The van der Waals surface area contributed by atoms with Crippen LogP contribution in [0.5, 0.6) is 0 Å². The molecule has 1 heterocycles. The number of aromatic nitrogens is 2. The number of amides is 1. The average molecular weight is 361 g/mol. The van der Waals surface area contributed by atoms with E-state index in [1.165, 1.54) is 7.11 Å². The molecule has 2 aromatic rings. The number of aryl methyl sites for hydroxylation is 1. The van der Waals surface area contributed by atoms with Gasteiger partial charge in [0, 0.05) is 5.56 Å². The first-order valence-electron chi connectivity index (χ1n) is 7.66. The summed E-state index contributed by atoms with van der Waals surface area (Å²) in [6, 6.07) is 6.59. The minimum Gasteiger partial charge on any atom is -0.465 e. The first-order valence-corrected chi connectivity index (χ1v) is 8.64. The highest BCUT2D eigenvalue weighted by molar-refractivity contribution is 7.99. The molecule has 132 valence electrons. The maximum absolute atomic E-state index is 12.2. The van der Waals surface area contributed by atoms with Crippen molar-refractivity contribution in [1.29, 1.82) is 0 Å². The number of carbonyl (C=O) groups is 2. The van der Waals surface area contributed by atoms with Crippen molar-refractivity contribution in [2.75, 3.05) is 18.2 Å². The van der Waals surface area contributed by atoms with E-state index in [1.54, 1.807) is 31.2 Å². The van der Waals surface area contributed by atoms with E-state index >= 15 is 0 Å². The van der Waals surface area contributed by atoms with Gasteiger partial charge in [0.2, 0.25) is 5.91 Å². The normalized spacial score (nSPS) is 10.4. The maximum atomic E-state index is 12.2. The van der Waals surface area contributed by atoms with Crippen molar-refractivity contribution >= 4 is 29.3 Å². The second-order valence-corrected chi connectivity index (χ2v) is 6.13. The summed E-state index contributed by atoms with van der Waals surface area (Å²) >= 11 is 1.13. The molecule has 0 unspecified atom stereocenters. The fraction of sp³-hybridized carbons (Fsp3) is 0.294. The molecule has 0 bridgehead atoms. The van der Waals surface area contributed by atoms with E-state index in [9.17, 15) is 14.4 Å². The van der Waals surface area contributed by atoms with Crippen LogP contribution in [0, 0.1) is 6.92 Å². The van der Waals surface area contributed by atoms with E-state index in [4.69, 9.17) is 4.74 Å². The molecule has 0 saturated carbocycles. The van der Waals surface area contributed by atoms with Crippen LogP contribution in [0.1, 0.15) is 28.5 Å². The lowest BCUT2D eigenvalue weighted by molar-refractivity contribution is -0.113. The molecule has 0 atom stereocenters. The van der Waals surface area contributed by atoms with Gasteiger partial charge < -0.3 is 15.0 Å². The van der Waals surface area contributed by atoms with Gasteiger partial charge in [-0.15, -0.1) is 0 Å². The Balaban J connectivity index is 2.06. The largest absolute Gasteiger partial charge is 0.465 e. The molecule has 1 amide bonds. The predicted molar refractivity (Wildman–Crippen MR) is 96.1 cm³/mol. The Kier molecular flexibility index (Phi) is 6.35. The maximum Gasteiger partial charge on any atom is 0.339 e. The van der Waals surface area contributed by atoms with Crippen LogP contribution in [0.3, 0.4) is 0 Å². The lowest BCUT2D eigenvalue weighted by atomic mass is 10.2. The first-order chi connectivity index (χ1) is 12.0. The number of ether oxygens (including phenoxy) is 1. The topological polar surface area (TPSA) is 101 Å². The van der Waals surface area contributed by atoms with Crippen molar-refractivity contribution in [3.8, 4) is 0 Å². The minimum absolute atomic E-state index is 0.0463. The number of benzene rings is 1. The molecular formula is C17H19N3O4S. The average Bonchev–Trinajstić information content (AvgIpc) is 2.62. The number of methoxy groups -OCH3 is 1. The molecule has 2 rings (SSSR count). The van der Waals surface area contributed by atoms with Crippen molar-refractivity contribution in [2.24, 2.45) is 0 Å². The van der Waals surface area contributed by atoms with Gasteiger partial charge in [0.05, 0.1) is 29.8 Å². The molecule has 7 nitrogen and oxygen atoms in total. The van der Waals surface area contributed by atoms with E-state index < -0.39 is 5.97 Å². The lowest BCUT2D eigenvalue weighted by Crippen LogP contribution is -2.19. The van der Waals surface area contributed by atoms with E-state index in [0.29, 0.717) is 28.5 Å². The number of carbonyl (C=O) groups excluding carboxylic acids is 2. The van der Waals surface area contributed by atoms with Crippen molar-refractivity contribution in [1.82, 2.24) is 9.97 Å². The smallest absolute Gasteiger partial charge is 0.339 e. The summed E-state index contributed by atoms with van der Waals surface area (Å²) in [5.74, 6) is -0.798. The summed E-state index contributed by atoms with van der Waals surface area (Å²) in [6.45, 7) is 3.63. The first kappa shape index (κ1) is 18.7. The van der Waals surface area contributed by atoms with E-state index in [2.05, 4.69) is 15.3 Å². The van der Waals surface area contributed by atoms with Gasteiger partial charge in [0.15, 0.2) is 5.16 Å². The summed E-state index contributed by atoms with van der Waals surface area (Å²) in [5.41, 5.74) is 1.75. The van der Waals surface area contributed by atoms with Gasteiger partial charge in [0.25, 0.3) is 5.56 Å². The van der Waals surface area contributed by atoms with Crippen molar-refractivity contribution in [2.45, 2.75) is 25.4 Å². The van der Waals surface area contributed by atoms with Crippen LogP contribution in [-0.4, -0.2) is 34.7 Å². The summed E-state index contributed by atoms with van der Waals surface area (Å²) in [4.78, 5) is 42.7. The third-order valence-corrected chi connectivity index (χ3v) is 4.39. The van der Waals surface area contributed by atoms with Crippen LogP contribution in [0.4, 0.5) is 5.69 Å². The minimum atomic E-state index is -0.527. The van der Waals surface area contributed by atoms with Gasteiger partial charge in [-0.05, 0) is 25.5 Å². The Hall–Kier alpha value is -2.61. The SMILES string of the molecule is CCc1nc(SCC(=O)Nc2ccccc2C(=O)OC)[nH]c(=O)c1C. The van der Waals surface area contributed by atoms with Crippen molar-refractivity contribution in [3.05, 3.63) is 51.4 Å². The molecule has 1 aromatic carbocycles. The number of nitrogens with zero attached hydrogens (tertiary/aromatic N) is 1. The Labute approximate surface area is 149 Å². The molecular weight excluding hydrogens is 342 g/mol. The predicted octanol–water partition coefficient (Wildman–Crippen LogP) is 2.16. The molecule has 0 aliphatic rings. The number of hydrogen-bond donors (Lipinski definition) is 2. The van der Waals surface area contributed by atoms with Crippen LogP contribution < -0.4 is 10.9 Å². The summed E-state index contributed by atoms with van der Waals surface area (Å²) in [5, 5.41) is 3.06. The van der Waals surface area contributed by atoms with Gasteiger partial charge in [-0.2, -0.15) is 0 Å². The van der Waals surface area contributed by atoms with Gasteiger partial charge in [0.1, 0.15) is 0 Å². The van der Waals surface area contributed by atoms with E-state index in [-0.39, 0.29) is 22.8 Å². The molecule has 0 aliphatic carbocycles. The monoisotopic (exact) mass is 361 g/mol. The van der Waals surface area contributed by atoms with Crippen molar-refractivity contribution < 1.29 is 14.3 Å². The van der Waals surface area contributed by atoms with Crippen LogP contribution in [-0.2, 0) is 16.0 Å². The fourth-order valence-electron chi connectivity index (χ4n) is 2.17. The number of H-pyrrole nitrogens is 1. The molecule has 8 heteroatoms. The Bertz CT molecular complexity index is 848. The standard InChI is InChI=1S/C17H19N3O4S/c1-4-12-10(2)15(22)20-17(19-12)25-9-14(21)18-13-8-6-5-7-11(13)16(23)24-3/h5-8H,4,9H2,1-3H3,(H,18,21)(H,19,20,22). The number of aromatic amines is 1. The van der Waals surface area contributed by atoms with Crippen LogP contribution in [0.2, 0.25) is 0 Å². The number of anilines is 1. The third kappa shape index (κ3) is 4.69. The zero-order chi connectivity index (χ0) is 18.4. The Morgan fingerprint density at radius 3 is 2.72 bits per heavy atom. The zero-order valence-corrected chi connectivity index (χ0v) is 15.0. The number of hydrogen-bond acceptors (Lipinski definition) is 6. The lowest BCUT2D eigenvalue weighted by Gasteiger charge is -2.09. The third-order valence-electron chi connectivity index (χ3n) is 3.51. The Morgan fingerprint density at radius 2 is 2.04 bits per heavy atom. The van der Waals surface area contributed by atoms with Gasteiger partial charge in [-0.1, -0.05) is 30.8 Å². The molecule has 0 spiro atoms. The summed E-state index contributed by atoms with van der Waals surface area (Å²) < 4.78 is 4.69. The number of thioether (sulfide) groups is 1. The van der Waals surface area contributed by atoms with Crippen LogP contribution in [0.15, 0.2) is 34.2 Å². The van der Waals surface area contributed by atoms with Gasteiger partial charge in [-0.3, -0.25) is 9.59 Å². The number of esters is 1. The highest BCUT2D eigenvalue weighted by atomic mass is 32.2. The zero-order valence-electron chi connectivity index (χ0n) is 14.2. The van der Waals surface area contributed by atoms with E-state index in [0.717, 1.165) is 11.8 Å². The number of para-hydroxylation sites is 1.